The van der Waals surface area contributed by atoms with Gasteiger partial charge in [0, 0.05) is 9.89 Å². The molecule has 0 bridgehead atoms. The van der Waals surface area contributed by atoms with Crippen LogP contribution in [0.5, 0.6) is 11.5 Å². The number of hydrogen-bond acceptors (Lipinski definition) is 2. The number of benzene rings is 2. The van der Waals surface area contributed by atoms with E-state index in [9.17, 15) is 5.11 Å². The standard InChI is InChI=1S/C15H13Br3O2/c1-15(2,9-3-5-10(19)6-4-9)11-7-8-12(20-18)14(17)13(11)16/h3-8,19H,1-2H3. The molecule has 0 heterocycles. The topological polar surface area (TPSA) is 29.5 Å². The Kier molecular flexibility index (Phi) is 4.82. The van der Waals surface area contributed by atoms with Gasteiger partial charge in [0.2, 0.25) is 0 Å². The zero-order chi connectivity index (χ0) is 14.9. The van der Waals surface area contributed by atoms with E-state index >= 15 is 0 Å². The zero-order valence-corrected chi connectivity index (χ0v) is 15.7. The average Bonchev–Trinajstić information content (AvgIpc) is 2.42. The lowest BCUT2D eigenvalue weighted by Gasteiger charge is -2.28. The number of halogens is 3. The molecular formula is C15H13Br3O2. The van der Waals surface area contributed by atoms with E-state index in [1.165, 1.54) is 0 Å². The first-order valence-corrected chi connectivity index (χ1v) is 8.18. The molecule has 2 aromatic carbocycles. The maximum atomic E-state index is 9.42. The molecule has 2 rings (SSSR count). The molecule has 0 aromatic heterocycles. The van der Waals surface area contributed by atoms with E-state index in [0.29, 0.717) is 5.75 Å². The monoisotopic (exact) mass is 462 g/mol. The molecule has 0 aliphatic heterocycles. The first kappa shape index (κ1) is 15.9. The van der Waals surface area contributed by atoms with E-state index in [2.05, 4.69) is 62.0 Å². The predicted molar refractivity (Wildman–Crippen MR) is 91.6 cm³/mol. The first-order chi connectivity index (χ1) is 9.37. The van der Waals surface area contributed by atoms with Crippen LogP contribution in [0.1, 0.15) is 25.0 Å². The summed E-state index contributed by atoms with van der Waals surface area (Å²) in [5, 5.41) is 9.42. The largest absolute Gasteiger partial charge is 0.508 e. The second-order valence-electron chi connectivity index (χ2n) is 4.99. The molecular weight excluding hydrogens is 452 g/mol. The third-order valence-electron chi connectivity index (χ3n) is 3.39. The minimum atomic E-state index is -0.208. The Bertz CT molecular complexity index is 622. The summed E-state index contributed by atoms with van der Waals surface area (Å²) in [6, 6.07) is 11.2. The van der Waals surface area contributed by atoms with Gasteiger partial charge >= 0.3 is 0 Å². The molecule has 2 nitrogen and oxygen atoms in total. The van der Waals surface area contributed by atoms with E-state index in [1.807, 2.05) is 24.3 Å². The molecule has 2 aromatic rings. The SMILES string of the molecule is CC(C)(c1ccc(O)cc1)c1ccc(OBr)c(Br)c1Br. The molecule has 20 heavy (non-hydrogen) atoms. The lowest BCUT2D eigenvalue weighted by Crippen LogP contribution is -2.19. The second kappa shape index (κ2) is 6.08. The van der Waals surface area contributed by atoms with Gasteiger partial charge in [-0.2, -0.15) is 0 Å². The number of hydrogen-bond donors (Lipinski definition) is 1. The van der Waals surface area contributed by atoms with Crippen LogP contribution >= 0.6 is 48.1 Å². The molecule has 0 unspecified atom stereocenters. The van der Waals surface area contributed by atoms with Crippen LogP contribution in [0.15, 0.2) is 45.3 Å². The van der Waals surface area contributed by atoms with Crippen LogP contribution in [0.4, 0.5) is 0 Å². The molecule has 0 saturated heterocycles. The number of phenolic OH excluding ortho intramolecular Hbond substituents is 1. The van der Waals surface area contributed by atoms with Crippen molar-refractivity contribution in [3.8, 4) is 11.5 Å². The molecule has 106 valence electrons. The second-order valence-corrected chi connectivity index (χ2v) is 6.90. The van der Waals surface area contributed by atoms with Crippen molar-refractivity contribution in [1.29, 1.82) is 0 Å². The molecule has 0 radical (unpaired) electrons. The minimum absolute atomic E-state index is 0.208. The summed E-state index contributed by atoms with van der Waals surface area (Å²) in [5.41, 5.74) is 2.04. The van der Waals surface area contributed by atoms with Crippen LogP contribution in [-0.4, -0.2) is 5.11 Å². The van der Waals surface area contributed by atoms with Gasteiger partial charge in [-0.15, -0.1) is 0 Å². The summed E-state index contributed by atoms with van der Waals surface area (Å²) >= 11 is 10.1. The van der Waals surface area contributed by atoms with Crippen molar-refractivity contribution in [2.24, 2.45) is 0 Å². The lowest BCUT2D eigenvalue weighted by molar-refractivity contribution is 0.474. The Balaban J connectivity index is 2.54. The van der Waals surface area contributed by atoms with Gasteiger partial charge in [-0.1, -0.05) is 32.0 Å². The Labute approximate surface area is 143 Å². The van der Waals surface area contributed by atoms with Crippen LogP contribution in [0.3, 0.4) is 0 Å². The van der Waals surface area contributed by atoms with Gasteiger partial charge in [0.1, 0.15) is 5.75 Å². The molecule has 0 spiro atoms. The maximum absolute atomic E-state index is 9.42. The molecule has 0 amide bonds. The Morgan fingerprint density at radius 3 is 2.10 bits per heavy atom. The highest BCUT2D eigenvalue weighted by Crippen LogP contribution is 2.43. The van der Waals surface area contributed by atoms with Crippen molar-refractivity contribution >= 4 is 48.1 Å². The van der Waals surface area contributed by atoms with Gasteiger partial charge in [0.15, 0.2) is 22.0 Å². The molecule has 0 aliphatic rings. The van der Waals surface area contributed by atoms with Crippen molar-refractivity contribution < 1.29 is 8.93 Å². The van der Waals surface area contributed by atoms with Crippen LogP contribution < -0.4 is 3.83 Å². The maximum Gasteiger partial charge on any atom is 0.179 e. The quantitative estimate of drug-likeness (QED) is 0.609. The third kappa shape index (κ3) is 2.90. The van der Waals surface area contributed by atoms with Gasteiger partial charge in [-0.25, -0.2) is 0 Å². The fourth-order valence-corrected chi connectivity index (χ4v) is 3.84. The number of rotatable bonds is 3. The first-order valence-electron chi connectivity index (χ1n) is 5.94. The minimum Gasteiger partial charge on any atom is -0.508 e. The normalized spacial score (nSPS) is 11.4. The smallest absolute Gasteiger partial charge is 0.179 e. The summed E-state index contributed by atoms with van der Waals surface area (Å²) in [6.07, 6.45) is 0. The van der Waals surface area contributed by atoms with Crippen LogP contribution in [0.2, 0.25) is 0 Å². The van der Waals surface area contributed by atoms with Gasteiger partial charge < -0.3 is 8.93 Å². The molecule has 0 atom stereocenters. The van der Waals surface area contributed by atoms with Gasteiger partial charge in [-0.05, 0) is 61.2 Å². The predicted octanol–water partition coefficient (Wildman–Crippen LogP) is 5.93. The van der Waals surface area contributed by atoms with E-state index in [4.69, 9.17) is 3.83 Å². The van der Waals surface area contributed by atoms with Gasteiger partial charge in [0.25, 0.3) is 0 Å². The molecule has 0 fully saturated rings. The van der Waals surface area contributed by atoms with E-state index in [1.54, 1.807) is 12.1 Å². The Hall–Kier alpha value is -0.520. The summed E-state index contributed by atoms with van der Waals surface area (Å²) in [7, 11) is 0. The van der Waals surface area contributed by atoms with Crippen LogP contribution in [0.25, 0.3) is 0 Å². The Morgan fingerprint density at radius 2 is 1.55 bits per heavy atom. The van der Waals surface area contributed by atoms with Crippen molar-refractivity contribution in [1.82, 2.24) is 0 Å². The lowest BCUT2D eigenvalue weighted by atomic mass is 9.78. The van der Waals surface area contributed by atoms with Crippen LogP contribution in [0, 0.1) is 0 Å². The molecule has 0 saturated carbocycles. The fourth-order valence-electron chi connectivity index (χ4n) is 2.11. The summed E-state index contributed by atoms with van der Waals surface area (Å²) in [5.74, 6) is 0.981. The van der Waals surface area contributed by atoms with Crippen molar-refractivity contribution in [3.05, 3.63) is 56.5 Å². The highest BCUT2D eigenvalue weighted by atomic mass is 79.9. The van der Waals surface area contributed by atoms with Crippen molar-refractivity contribution in [2.45, 2.75) is 19.3 Å². The van der Waals surface area contributed by atoms with E-state index in [0.717, 1.165) is 20.1 Å². The van der Waals surface area contributed by atoms with Crippen molar-refractivity contribution in [3.63, 3.8) is 0 Å². The molecule has 1 N–H and O–H groups in total. The summed E-state index contributed by atoms with van der Waals surface area (Å²) in [4.78, 5) is 0. The van der Waals surface area contributed by atoms with E-state index < -0.39 is 0 Å². The summed E-state index contributed by atoms with van der Waals surface area (Å²) < 4.78 is 6.93. The zero-order valence-electron chi connectivity index (χ0n) is 11.0. The number of aromatic hydroxyl groups is 1. The van der Waals surface area contributed by atoms with Gasteiger partial charge in [0.05, 0.1) is 4.47 Å². The fraction of sp³-hybridized carbons (Fsp3) is 0.200. The number of phenols is 1. The van der Waals surface area contributed by atoms with Crippen molar-refractivity contribution in [2.75, 3.05) is 0 Å². The molecule has 5 heteroatoms. The summed E-state index contributed by atoms with van der Waals surface area (Å²) in [6.45, 7) is 4.28. The highest BCUT2D eigenvalue weighted by Gasteiger charge is 2.27. The third-order valence-corrected chi connectivity index (χ3v) is 5.88. The molecule has 0 aliphatic carbocycles. The van der Waals surface area contributed by atoms with E-state index in [-0.39, 0.29) is 11.2 Å². The average molecular weight is 465 g/mol. The highest BCUT2D eigenvalue weighted by molar-refractivity contribution is 9.13. The Morgan fingerprint density at radius 1 is 0.950 bits per heavy atom. The van der Waals surface area contributed by atoms with Crippen LogP contribution in [-0.2, 0) is 5.41 Å². The van der Waals surface area contributed by atoms with Gasteiger partial charge in [-0.3, -0.25) is 0 Å².